The molecule has 1 aliphatic heterocycles. The number of aliphatic carboxylic acids is 1. The Morgan fingerprint density at radius 2 is 2.44 bits per heavy atom. The van der Waals surface area contributed by atoms with E-state index in [0.717, 1.165) is 5.01 Å². The van der Waals surface area contributed by atoms with Gasteiger partial charge in [-0.25, -0.2) is 10.6 Å². The number of amides is 1. The molecule has 0 radical (unpaired) electrons. The minimum absolute atomic E-state index is 0.0336. The van der Waals surface area contributed by atoms with Crippen molar-refractivity contribution in [2.75, 3.05) is 0 Å². The molecule has 1 heterocycles. The third kappa shape index (κ3) is 0.746. The third-order valence-corrected chi connectivity index (χ3v) is 1.28. The summed E-state index contributed by atoms with van der Waals surface area (Å²) >= 11 is 0. The summed E-state index contributed by atoms with van der Waals surface area (Å²) < 4.78 is 0. The van der Waals surface area contributed by atoms with Crippen LogP contribution in [-0.2, 0) is 9.59 Å². The summed E-state index contributed by atoms with van der Waals surface area (Å²) in [5.41, 5.74) is 0. The van der Waals surface area contributed by atoms with E-state index < -0.39 is 12.0 Å². The SMILES string of the molecule is NN1C(=O)CC1C(=O)O. The molecule has 1 amide bonds. The second-order valence-electron chi connectivity index (χ2n) is 1.86. The number of carbonyl (C=O) groups is 2. The van der Waals surface area contributed by atoms with Gasteiger partial charge in [-0.15, -0.1) is 0 Å². The Morgan fingerprint density at radius 3 is 2.56 bits per heavy atom. The summed E-state index contributed by atoms with van der Waals surface area (Å²) in [6.45, 7) is 0. The van der Waals surface area contributed by atoms with Gasteiger partial charge in [0, 0.05) is 0 Å². The molecule has 1 fully saturated rings. The first-order chi connectivity index (χ1) is 4.13. The first-order valence-electron chi connectivity index (χ1n) is 2.42. The Labute approximate surface area is 51.0 Å². The minimum atomic E-state index is -1.04. The molecule has 1 unspecified atom stereocenters. The van der Waals surface area contributed by atoms with E-state index in [4.69, 9.17) is 10.9 Å². The smallest absolute Gasteiger partial charge is 0.328 e. The van der Waals surface area contributed by atoms with Crippen molar-refractivity contribution in [1.29, 1.82) is 0 Å². The molecule has 0 aromatic rings. The molecule has 9 heavy (non-hydrogen) atoms. The Bertz CT molecular complexity index is 167. The molecule has 1 atom stereocenters. The number of β-lactam (4-membered cyclic amide) rings is 1. The summed E-state index contributed by atoms with van der Waals surface area (Å²) in [6.07, 6.45) is 0.0336. The molecule has 0 aliphatic carbocycles. The van der Waals surface area contributed by atoms with Gasteiger partial charge in [-0.05, 0) is 0 Å². The lowest BCUT2D eigenvalue weighted by Crippen LogP contribution is -2.60. The molecule has 50 valence electrons. The normalized spacial score (nSPS) is 25.7. The van der Waals surface area contributed by atoms with Crippen molar-refractivity contribution in [2.45, 2.75) is 12.5 Å². The van der Waals surface area contributed by atoms with Crippen LogP contribution in [0.1, 0.15) is 6.42 Å². The average molecular weight is 130 g/mol. The first-order valence-corrected chi connectivity index (χ1v) is 2.42. The molecule has 0 bridgehead atoms. The molecule has 3 N–H and O–H groups in total. The van der Waals surface area contributed by atoms with E-state index in [2.05, 4.69) is 0 Å². The van der Waals surface area contributed by atoms with Gasteiger partial charge in [-0.2, -0.15) is 0 Å². The van der Waals surface area contributed by atoms with Gasteiger partial charge in [-0.1, -0.05) is 0 Å². The fourth-order valence-electron chi connectivity index (χ4n) is 0.637. The van der Waals surface area contributed by atoms with Crippen LogP contribution in [0, 0.1) is 0 Å². The molecular weight excluding hydrogens is 124 g/mol. The zero-order chi connectivity index (χ0) is 7.02. The van der Waals surface area contributed by atoms with Crippen LogP contribution in [0.2, 0.25) is 0 Å². The van der Waals surface area contributed by atoms with Gasteiger partial charge in [0.1, 0.15) is 0 Å². The first kappa shape index (κ1) is 6.03. The van der Waals surface area contributed by atoms with Crippen molar-refractivity contribution in [3.8, 4) is 0 Å². The molecule has 1 saturated heterocycles. The Morgan fingerprint density at radius 1 is 1.89 bits per heavy atom. The lowest BCUT2D eigenvalue weighted by Gasteiger charge is -2.32. The van der Waals surface area contributed by atoms with Crippen molar-refractivity contribution in [1.82, 2.24) is 5.01 Å². The Hall–Kier alpha value is -1.10. The van der Waals surface area contributed by atoms with E-state index in [-0.39, 0.29) is 12.3 Å². The van der Waals surface area contributed by atoms with Crippen molar-refractivity contribution in [2.24, 2.45) is 5.84 Å². The van der Waals surface area contributed by atoms with Crippen molar-refractivity contribution < 1.29 is 14.7 Å². The van der Waals surface area contributed by atoms with Crippen molar-refractivity contribution in [3.05, 3.63) is 0 Å². The summed E-state index contributed by atoms with van der Waals surface area (Å²) in [6, 6.07) is -0.794. The number of carbonyl (C=O) groups excluding carboxylic acids is 1. The van der Waals surface area contributed by atoms with E-state index in [1.807, 2.05) is 0 Å². The standard InChI is InChI=1S/C4H6N2O3/c5-6-2(4(8)9)1-3(6)7/h2H,1,5H2,(H,8,9). The fourth-order valence-corrected chi connectivity index (χ4v) is 0.637. The van der Waals surface area contributed by atoms with Crippen LogP contribution in [0.4, 0.5) is 0 Å². The zero-order valence-electron chi connectivity index (χ0n) is 4.57. The Kier molecular flexibility index (Phi) is 1.14. The second kappa shape index (κ2) is 1.70. The van der Waals surface area contributed by atoms with Crippen LogP contribution in [0.25, 0.3) is 0 Å². The predicted molar refractivity (Wildman–Crippen MR) is 27.1 cm³/mol. The average Bonchev–Trinajstić information content (AvgIpc) is 1.81. The summed E-state index contributed by atoms with van der Waals surface area (Å²) in [7, 11) is 0. The molecule has 0 spiro atoms. The van der Waals surface area contributed by atoms with Gasteiger partial charge >= 0.3 is 5.97 Å². The van der Waals surface area contributed by atoms with Gasteiger partial charge in [0.15, 0.2) is 6.04 Å². The van der Waals surface area contributed by atoms with Crippen LogP contribution in [0.3, 0.4) is 0 Å². The van der Waals surface area contributed by atoms with Gasteiger partial charge < -0.3 is 5.11 Å². The van der Waals surface area contributed by atoms with Crippen LogP contribution in [0.15, 0.2) is 0 Å². The zero-order valence-corrected chi connectivity index (χ0v) is 4.57. The summed E-state index contributed by atoms with van der Waals surface area (Å²) in [5, 5.41) is 8.97. The number of hydrogen-bond acceptors (Lipinski definition) is 3. The van der Waals surface area contributed by atoms with Crippen molar-refractivity contribution >= 4 is 11.9 Å². The van der Waals surface area contributed by atoms with E-state index in [9.17, 15) is 9.59 Å². The highest BCUT2D eigenvalue weighted by Crippen LogP contribution is 2.13. The number of hydrogen-bond donors (Lipinski definition) is 2. The maximum absolute atomic E-state index is 10.3. The number of nitrogens with zero attached hydrogens (tertiary/aromatic N) is 1. The molecule has 0 saturated carbocycles. The van der Waals surface area contributed by atoms with E-state index in [0.29, 0.717) is 0 Å². The highest BCUT2D eigenvalue weighted by atomic mass is 16.4. The van der Waals surface area contributed by atoms with Crippen LogP contribution in [-0.4, -0.2) is 28.0 Å². The molecular formula is C4H6N2O3. The van der Waals surface area contributed by atoms with E-state index in [1.54, 1.807) is 0 Å². The highest BCUT2D eigenvalue weighted by molar-refractivity contribution is 5.93. The van der Waals surface area contributed by atoms with Gasteiger partial charge in [0.2, 0.25) is 5.91 Å². The van der Waals surface area contributed by atoms with Crippen molar-refractivity contribution in [3.63, 3.8) is 0 Å². The van der Waals surface area contributed by atoms with Gasteiger partial charge in [-0.3, -0.25) is 9.80 Å². The van der Waals surface area contributed by atoms with E-state index in [1.165, 1.54) is 0 Å². The third-order valence-electron chi connectivity index (χ3n) is 1.28. The van der Waals surface area contributed by atoms with Crippen LogP contribution >= 0.6 is 0 Å². The number of nitrogens with two attached hydrogens (primary N) is 1. The quantitative estimate of drug-likeness (QED) is 0.258. The molecule has 0 aromatic carbocycles. The maximum Gasteiger partial charge on any atom is 0.328 e. The predicted octanol–water partition coefficient (Wildman–Crippen LogP) is -1.45. The topological polar surface area (TPSA) is 83.6 Å². The lowest BCUT2D eigenvalue weighted by atomic mass is 10.1. The number of carboxylic acid groups (broad SMARTS) is 1. The van der Waals surface area contributed by atoms with Gasteiger partial charge in [0.25, 0.3) is 0 Å². The largest absolute Gasteiger partial charge is 0.480 e. The van der Waals surface area contributed by atoms with Crippen LogP contribution in [0.5, 0.6) is 0 Å². The molecule has 0 aromatic heterocycles. The Balaban J connectivity index is 2.51. The fraction of sp³-hybridized carbons (Fsp3) is 0.500. The summed E-state index contributed by atoms with van der Waals surface area (Å²) in [4.78, 5) is 20.3. The number of carboxylic acids is 1. The summed E-state index contributed by atoms with van der Waals surface area (Å²) in [5.74, 6) is 3.61. The van der Waals surface area contributed by atoms with Gasteiger partial charge in [0.05, 0.1) is 6.42 Å². The minimum Gasteiger partial charge on any atom is -0.480 e. The molecule has 5 nitrogen and oxygen atoms in total. The number of hydrazine groups is 1. The maximum atomic E-state index is 10.3. The second-order valence-corrected chi connectivity index (χ2v) is 1.86. The van der Waals surface area contributed by atoms with E-state index >= 15 is 0 Å². The lowest BCUT2D eigenvalue weighted by molar-refractivity contribution is -0.162. The van der Waals surface area contributed by atoms with Crippen LogP contribution < -0.4 is 5.84 Å². The molecule has 1 rings (SSSR count). The molecule has 1 aliphatic rings. The molecule has 5 heteroatoms. The highest BCUT2D eigenvalue weighted by Gasteiger charge is 2.39. The monoisotopic (exact) mass is 130 g/mol. The number of rotatable bonds is 1.